The Labute approximate surface area is 96.4 Å². The summed E-state index contributed by atoms with van der Waals surface area (Å²) in [4.78, 5) is 0. The maximum absolute atomic E-state index is 5.73. The van der Waals surface area contributed by atoms with E-state index in [1.54, 1.807) is 0 Å². The summed E-state index contributed by atoms with van der Waals surface area (Å²) in [5.74, 6) is 0.957. The molecule has 0 saturated carbocycles. The van der Waals surface area contributed by atoms with Gasteiger partial charge in [-0.15, -0.1) is 0 Å². The van der Waals surface area contributed by atoms with Gasteiger partial charge in [-0.05, 0) is 17.9 Å². The average molecular weight is 212 g/mol. The fourth-order valence-corrected chi connectivity index (χ4v) is 1.69. The standard InChI is InChI=1S/C15H16O/c1-2-3-6-12-16-15-11-7-9-13-8-4-5-10-14(13)15/h3-11H,2,12H2,1H3. The summed E-state index contributed by atoms with van der Waals surface area (Å²) < 4.78 is 5.73. The molecule has 0 aliphatic rings. The van der Waals surface area contributed by atoms with Crippen molar-refractivity contribution in [2.24, 2.45) is 0 Å². The van der Waals surface area contributed by atoms with Crippen LogP contribution in [-0.4, -0.2) is 6.61 Å². The van der Waals surface area contributed by atoms with Crippen molar-refractivity contribution < 1.29 is 4.74 Å². The highest BCUT2D eigenvalue weighted by Gasteiger charge is 1.99. The Morgan fingerprint density at radius 1 is 1.00 bits per heavy atom. The summed E-state index contributed by atoms with van der Waals surface area (Å²) in [7, 11) is 0. The highest BCUT2D eigenvalue weighted by molar-refractivity contribution is 5.88. The van der Waals surface area contributed by atoms with Crippen LogP contribution in [0.3, 0.4) is 0 Å². The molecule has 2 rings (SSSR count). The molecule has 1 heteroatoms. The molecule has 0 fully saturated rings. The summed E-state index contributed by atoms with van der Waals surface area (Å²) in [6.45, 7) is 2.76. The number of rotatable bonds is 4. The van der Waals surface area contributed by atoms with Gasteiger partial charge in [0.1, 0.15) is 12.4 Å². The minimum absolute atomic E-state index is 0.641. The van der Waals surface area contributed by atoms with Crippen molar-refractivity contribution in [3.8, 4) is 5.75 Å². The lowest BCUT2D eigenvalue weighted by atomic mass is 10.1. The van der Waals surface area contributed by atoms with E-state index in [-0.39, 0.29) is 0 Å². The van der Waals surface area contributed by atoms with Crippen LogP contribution in [0.25, 0.3) is 10.8 Å². The van der Waals surface area contributed by atoms with Gasteiger partial charge in [0.2, 0.25) is 0 Å². The Hall–Kier alpha value is -1.76. The molecule has 0 aromatic heterocycles. The minimum atomic E-state index is 0.641. The summed E-state index contributed by atoms with van der Waals surface area (Å²) in [6, 6.07) is 14.4. The van der Waals surface area contributed by atoms with Gasteiger partial charge in [-0.1, -0.05) is 55.5 Å². The Kier molecular flexibility index (Phi) is 3.60. The van der Waals surface area contributed by atoms with E-state index in [9.17, 15) is 0 Å². The van der Waals surface area contributed by atoms with E-state index in [1.165, 1.54) is 10.8 Å². The van der Waals surface area contributed by atoms with Gasteiger partial charge in [-0.3, -0.25) is 0 Å². The lowest BCUT2D eigenvalue weighted by Gasteiger charge is -2.06. The van der Waals surface area contributed by atoms with E-state index >= 15 is 0 Å². The second-order valence-electron chi connectivity index (χ2n) is 3.67. The zero-order valence-electron chi connectivity index (χ0n) is 9.52. The molecule has 2 aromatic carbocycles. The number of benzene rings is 2. The SMILES string of the molecule is CCC=CCOc1cccc2ccccc12. The number of ether oxygens (including phenoxy) is 1. The Bertz CT molecular complexity index is 480. The van der Waals surface area contributed by atoms with Gasteiger partial charge >= 0.3 is 0 Å². The Morgan fingerprint density at radius 2 is 1.81 bits per heavy atom. The normalized spacial score (nSPS) is 11.1. The van der Waals surface area contributed by atoms with Gasteiger partial charge in [-0.2, -0.15) is 0 Å². The third-order valence-electron chi connectivity index (χ3n) is 2.49. The fourth-order valence-electron chi connectivity index (χ4n) is 1.69. The van der Waals surface area contributed by atoms with Crippen LogP contribution in [0, 0.1) is 0 Å². The van der Waals surface area contributed by atoms with Crippen LogP contribution in [0.5, 0.6) is 5.75 Å². The highest BCUT2D eigenvalue weighted by atomic mass is 16.5. The van der Waals surface area contributed by atoms with Crippen molar-refractivity contribution in [3.05, 3.63) is 54.6 Å². The maximum Gasteiger partial charge on any atom is 0.127 e. The average Bonchev–Trinajstić information content (AvgIpc) is 2.35. The third kappa shape index (κ3) is 2.43. The second-order valence-corrected chi connectivity index (χ2v) is 3.67. The first kappa shape index (κ1) is 10.7. The molecule has 16 heavy (non-hydrogen) atoms. The van der Waals surface area contributed by atoms with Gasteiger partial charge in [-0.25, -0.2) is 0 Å². The van der Waals surface area contributed by atoms with Crippen LogP contribution in [0.15, 0.2) is 54.6 Å². The molecule has 0 amide bonds. The summed E-state index contributed by atoms with van der Waals surface area (Å²) in [5, 5.41) is 2.40. The molecular formula is C15H16O. The van der Waals surface area contributed by atoms with Crippen LogP contribution in [0.1, 0.15) is 13.3 Å². The van der Waals surface area contributed by atoms with Crippen LogP contribution >= 0.6 is 0 Å². The van der Waals surface area contributed by atoms with Gasteiger partial charge in [0.15, 0.2) is 0 Å². The molecule has 0 N–H and O–H groups in total. The van der Waals surface area contributed by atoms with Crippen molar-refractivity contribution in [1.82, 2.24) is 0 Å². The Morgan fingerprint density at radius 3 is 2.69 bits per heavy atom. The fraction of sp³-hybridized carbons (Fsp3) is 0.200. The number of hydrogen-bond acceptors (Lipinski definition) is 1. The van der Waals surface area contributed by atoms with Crippen molar-refractivity contribution >= 4 is 10.8 Å². The predicted molar refractivity (Wildman–Crippen MR) is 68.9 cm³/mol. The molecule has 0 bridgehead atoms. The number of allylic oxidation sites excluding steroid dienone is 1. The summed E-state index contributed by atoms with van der Waals surface area (Å²) in [6.07, 6.45) is 5.23. The molecule has 0 aliphatic heterocycles. The van der Waals surface area contributed by atoms with E-state index in [0.717, 1.165) is 12.2 Å². The van der Waals surface area contributed by atoms with Crippen LogP contribution in [0.2, 0.25) is 0 Å². The molecule has 0 heterocycles. The molecule has 2 aromatic rings. The lowest BCUT2D eigenvalue weighted by Crippen LogP contribution is -1.93. The molecule has 1 nitrogen and oxygen atoms in total. The molecular weight excluding hydrogens is 196 g/mol. The molecule has 0 atom stereocenters. The topological polar surface area (TPSA) is 9.23 Å². The first-order chi connectivity index (χ1) is 7.92. The lowest BCUT2D eigenvalue weighted by molar-refractivity contribution is 0.367. The van der Waals surface area contributed by atoms with E-state index in [0.29, 0.717) is 6.61 Å². The monoisotopic (exact) mass is 212 g/mol. The maximum atomic E-state index is 5.73. The van der Waals surface area contributed by atoms with E-state index in [2.05, 4.69) is 37.3 Å². The summed E-state index contributed by atoms with van der Waals surface area (Å²) in [5.41, 5.74) is 0. The first-order valence-electron chi connectivity index (χ1n) is 5.67. The van der Waals surface area contributed by atoms with Gasteiger partial charge in [0.05, 0.1) is 0 Å². The van der Waals surface area contributed by atoms with Crippen molar-refractivity contribution in [2.75, 3.05) is 6.61 Å². The van der Waals surface area contributed by atoms with Gasteiger partial charge in [0.25, 0.3) is 0 Å². The van der Waals surface area contributed by atoms with Crippen LogP contribution < -0.4 is 4.74 Å². The van der Waals surface area contributed by atoms with E-state index < -0.39 is 0 Å². The molecule has 82 valence electrons. The van der Waals surface area contributed by atoms with E-state index in [1.807, 2.05) is 24.3 Å². The predicted octanol–water partition coefficient (Wildman–Crippen LogP) is 4.18. The highest BCUT2D eigenvalue weighted by Crippen LogP contribution is 2.24. The largest absolute Gasteiger partial charge is 0.489 e. The zero-order chi connectivity index (χ0) is 11.2. The van der Waals surface area contributed by atoms with Crippen molar-refractivity contribution in [1.29, 1.82) is 0 Å². The van der Waals surface area contributed by atoms with E-state index in [4.69, 9.17) is 4.74 Å². The van der Waals surface area contributed by atoms with Crippen molar-refractivity contribution in [2.45, 2.75) is 13.3 Å². The molecule has 0 radical (unpaired) electrons. The third-order valence-corrected chi connectivity index (χ3v) is 2.49. The minimum Gasteiger partial charge on any atom is -0.489 e. The smallest absolute Gasteiger partial charge is 0.127 e. The zero-order valence-corrected chi connectivity index (χ0v) is 9.52. The first-order valence-corrected chi connectivity index (χ1v) is 5.67. The molecule has 0 saturated heterocycles. The van der Waals surface area contributed by atoms with Crippen LogP contribution in [0.4, 0.5) is 0 Å². The van der Waals surface area contributed by atoms with Gasteiger partial charge in [0, 0.05) is 5.39 Å². The molecule has 0 spiro atoms. The number of fused-ring (bicyclic) bond motifs is 1. The molecule has 0 aliphatic carbocycles. The quantitative estimate of drug-likeness (QED) is 0.691. The van der Waals surface area contributed by atoms with Crippen molar-refractivity contribution in [3.63, 3.8) is 0 Å². The Balaban J connectivity index is 2.20. The second kappa shape index (κ2) is 5.36. The summed E-state index contributed by atoms with van der Waals surface area (Å²) >= 11 is 0. The molecule has 0 unspecified atom stereocenters. The number of hydrogen-bond donors (Lipinski definition) is 0. The van der Waals surface area contributed by atoms with Crippen LogP contribution in [-0.2, 0) is 0 Å². The van der Waals surface area contributed by atoms with Gasteiger partial charge < -0.3 is 4.74 Å².